The van der Waals surface area contributed by atoms with Crippen molar-refractivity contribution < 1.29 is 14.3 Å². The van der Waals surface area contributed by atoms with Gasteiger partial charge in [-0.15, -0.1) is 0 Å². The number of carbonyl (C=O) groups is 2. The highest BCUT2D eigenvalue weighted by Crippen LogP contribution is 2.23. The molecule has 0 aliphatic rings. The number of unbranched alkanes of at least 4 members (excludes halogenated alkanes) is 1. The molecule has 6 nitrogen and oxygen atoms in total. The molecule has 2 rings (SSSR count). The Hall–Kier alpha value is -2.45. The van der Waals surface area contributed by atoms with E-state index in [9.17, 15) is 9.59 Å². The highest BCUT2D eigenvalue weighted by molar-refractivity contribution is 9.10. The first kappa shape index (κ1) is 23.8. The number of anilines is 1. The summed E-state index contributed by atoms with van der Waals surface area (Å²) in [5, 5.41) is 8.60. The molecule has 2 amide bonds. The number of halogens is 1. The number of nitrogens with one attached hydrogen (secondary N) is 3. The second kappa shape index (κ2) is 11.7. The van der Waals surface area contributed by atoms with Crippen molar-refractivity contribution in [1.29, 1.82) is 0 Å². The molecule has 0 atom stereocenters. The van der Waals surface area contributed by atoms with Gasteiger partial charge in [-0.2, -0.15) is 0 Å². The lowest BCUT2D eigenvalue weighted by atomic mass is 10.2. The number of amides is 2. The smallest absolute Gasteiger partial charge is 0.261 e. The van der Waals surface area contributed by atoms with Crippen LogP contribution in [0.15, 0.2) is 46.9 Å². The average Bonchev–Trinajstić information content (AvgIpc) is 2.69. The molecule has 0 saturated carbocycles. The molecule has 0 unspecified atom stereocenters. The molecule has 0 radical (unpaired) electrons. The zero-order chi connectivity index (χ0) is 22.1. The minimum Gasteiger partial charge on any atom is -0.493 e. The second-order valence-corrected chi connectivity index (χ2v) is 8.28. The molecule has 2 aromatic carbocycles. The van der Waals surface area contributed by atoms with Crippen molar-refractivity contribution in [3.05, 3.63) is 58.1 Å². The minimum absolute atomic E-state index is 0.0620. The minimum atomic E-state index is -0.367. The van der Waals surface area contributed by atoms with Crippen molar-refractivity contribution in [1.82, 2.24) is 10.6 Å². The van der Waals surface area contributed by atoms with Gasteiger partial charge >= 0.3 is 0 Å². The highest BCUT2D eigenvalue weighted by Gasteiger charge is 2.15. The summed E-state index contributed by atoms with van der Waals surface area (Å²) in [6, 6.07) is 12.2. The first-order valence-electron chi connectivity index (χ1n) is 9.75. The van der Waals surface area contributed by atoms with Crippen molar-refractivity contribution in [2.75, 3.05) is 11.9 Å². The van der Waals surface area contributed by atoms with Gasteiger partial charge in [0, 0.05) is 21.8 Å². The molecule has 3 N–H and O–H groups in total. The van der Waals surface area contributed by atoms with E-state index in [0.717, 1.165) is 17.3 Å². The second-order valence-electron chi connectivity index (χ2n) is 6.96. The predicted molar refractivity (Wildman–Crippen MR) is 127 cm³/mol. The molecule has 0 heterocycles. The summed E-state index contributed by atoms with van der Waals surface area (Å²) in [5.74, 6) is -0.00150. The summed E-state index contributed by atoms with van der Waals surface area (Å²) in [7, 11) is 0. The van der Waals surface area contributed by atoms with Crippen LogP contribution < -0.4 is 20.7 Å². The van der Waals surface area contributed by atoms with Gasteiger partial charge in [-0.05, 0) is 75.0 Å². The normalized spacial score (nSPS) is 10.4. The van der Waals surface area contributed by atoms with E-state index in [2.05, 4.69) is 38.8 Å². The molecular formula is C22H26BrN3O3S. The highest BCUT2D eigenvalue weighted by atomic mass is 79.9. The Bertz CT molecular complexity index is 901. The van der Waals surface area contributed by atoms with Crippen molar-refractivity contribution >= 4 is 50.8 Å². The lowest BCUT2D eigenvalue weighted by molar-refractivity contribution is 0.0941. The molecule has 0 saturated heterocycles. The monoisotopic (exact) mass is 491 g/mol. The van der Waals surface area contributed by atoms with Crippen LogP contribution in [0.2, 0.25) is 0 Å². The summed E-state index contributed by atoms with van der Waals surface area (Å²) in [6.07, 6.45) is 1.91. The van der Waals surface area contributed by atoms with Gasteiger partial charge in [0.15, 0.2) is 5.11 Å². The summed E-state index contributed by atoms with van der Waals surface area (Å²) in [4.78, 5) is 24.7. The third-order valence-electron chi connectivity index (χ3n) is 3.99. The molecule has 8 heteroatoms. The molecule has 0 fully saturated rings. The van der Waals surface area contributed by atoms with E-state index in [1.807, 2.05) is 19.9 Å². The Morgan fingerprint density at radius 2 is 1.80 bits per heavy atom. The Kier molecular flexibility index (Phi) is 9.26. The summed E-state index contributed by atoms with van der Waals surface area (Å²) < 4.78 is 6.50. The summed E-state index contributed by atoms with van der Waals surface area (Å²) >= 11 is 8.64. The van der Waals surface area contributed by atoms with Crippen molar-refractivity contribution in [3.63, 3.8) is 0 Å². The SMILES string of the molecule is CCCCOc1ccc(Br)cc1C(=O)NC(=S)Nc1ccc(C(=O)NC(C)C)cc1. The third-order valence-corrected chi connectivity index (χ3v) is 4.69. The topological polar surface area (TPSA) is 79.5 Å². The van der Waals surface area contributed by atoms with E-state index in [1.165, 1.54) is 0 Å². The third kappa shape index (κ3) is 7.42. The van der Waals surface area contributed by atoms with Crippen molar-refractivity contribution in [3.8, 4) is 5.75 Å². The van der Waals surface area contributed by atoms with E-state index in [1.54, 1.807) is 36.4 Å². The Morgan fingerprint density at radius 1 is 1.10 bits per heavy atom. The van der Waals surface area contributed by atoms with E-state index in [-0.39, 0.29) is 23.0 Å². The number of carbonyl (C=O) groups excluding carboxylic acids is 2. The summed E-state index contributed by atoms with van der Waals surface area (Å²) in [6.45, 7) is 6.42. The first-order chi connectivity index (χ1) is 14.3. The van der Waals surface area contributed by atoms with Gasteiger partial charge in [0.25, 0.3) is 11.8 Å². The maximum absolute atomic E-state index is 12.7. The molecule has 0 spiro atoms. The quantitative estimate of drug-likeness (QED) is 0.361. The molecule has 2 aromatic rings. The van der Waals surface area contributed by atoms with Crippen molar-refractivity contribution in [2.24, 2.45) is 0 Å². The lowest BCUT2D eigenvalue weighted by Gasteiger charge is -2.14. The Balaban J connectivity index is 2.00. The first-order valence-corrected chi connectivity index (χ1v) is 11.0. The van der Waals surface area contributed by atoms with E-state index in [0.29, 0.717) is 29.2 Å². The van der Waals surface area contributed by atoms with Crippen LogP contribution in [0.4, 0.5) is 5.69 Å². The largest absolute Gasteiger partial charge is 0.493 e. The van der Waals surface area contributed by atoms with Crippen LogP contribution in [-0.4, -0.2) is 29.6 Å². The number of thiocarbonyl (C=S) groups is 1. The lowest BCUT2D eigenvalue weighted by Crippen LogP contribution is -2.34. The van der Waals surface area contributed by atoms with Crippen LogP contribution in [0, 0.1) is 0 Å². The van der Waals surface area contributed by atoms with Crippen LogP contribution in [0.3, 0.4) is 0 Å². The van der Waals surface area contributed by atoms with Crippen LogP contribution >= 0.6 is 28.1 Å². The van der Waals surface area contributed by atoms with E-state index in [4.69, 9.17) is 17.0 Å². The maximum Gasteiger partial charge on any atom is 0.261 e. The molecule has 0 aliphatic carbocycles. The number of hydrogen-bond donors (Lipinski definition) is 3. The standard InChI is InChI=1S/C22H26BrN3O3S/c1-4-5-12-29-19-11-8-16(23)13-18(19)21(28)26-22(30)25-17-9-6-15(7-10-17)20(27)24-14(2)3/h6-11,13-14H,4-5,12H2,1-3H3,(H,24,27)(H2,25,26,28,30). The molecule has 160 valence electrons. The summed E-state index contributed by atoms with van der Waals surface area (Å²) in [5.41, 5.74) is 1.60. The van der Waals surface area contributed by atoms with Crippen LogP contribution in [-0.2, 0) is 0 Å². The van der Waals surface area contributed by atoms with Gasteiger partial charge in [0.1, 0.15) is 5.75 Å². The molecule has 0 aliphatic heterocycles. The average molecular weight is 492 g/mol. The fraction of sp³-hybridized carbons (Fsp3) is 0.318. The maximum atomic E-state index is 12.7. The van der Waals surface area contributed by atoms with Gasteiger partial charge in [-0.1, -0.05) is 29.3 Å². The van der Waals surface area contributed by atoms with E-state index >= 15 is 0 Å². The van der Waals surface area contributed by atoms with Gasteiger partial charge < -0.3 is 15.4 Å². The molecule has 30 heavy (non-hydrogen) atoms. The molecule has 0 bridgehead atoms. The zero-order valence-electron chi connectivity index (χ0n) is 17.3. The predicted octanol–water partition coefficient (Wildman–Crippen LogP) is 4.89. The van der Waals surface area contributed by atoms with Gasteiger partial charge in [-0.3, -0.25) is 14.9 Å². The van der Waals surface area contributed by atoms with Gasteiger partial charge in [0.05, 0.1) is 12.2 Å². The zero-order valence-corrected chi connectivity index (χ0v) is 19.7. The number of hydrogen-bond acceptors (Lipinski definition) is 4. The van der Waals surface area contributed by atoms with Crippen molar-refractivity contribution in [2.45, 2.75) is 39.7 Å². The number of rotatable bonds is 8. The molecule has 0 aromatic heterocycles. The fourth-order valence-corrected chi connectivity index (χ4v) is 3.09. The van der Waals surface area contributed by atoms with Crippen LogP contribution in [0.5, 0.6) is 5.75 Å². The van der Waals surface area contributed by atoms with E-state index < -0.39 is 0 Å². The van der Waals surface area contributed by atoms with Crippen LogP contribution in [0.1, 0.15) is 54.3 Å². The van der Waals surface area contributed by atoms with Crippen LogP contribution in [0.25, 0.3) is 0 Å². The van der Waals surface area contributed by atoms with Gasteiger partial charge in [0.2, 0.25) is 0 Å². The molecular weight excluding hydrogens is 466 g/mol. The fourth-order valence-electron chi connectivity index (χ4n) is 2.52. The van der Waals surface area contributed by atoms with Gasteiger partial charge in [-0.25, -0.2) is 0 Å². The number of ether oxygens (including phenoxy) is 1. The Morgan fingerprint density at radius 3 is 2.43 bits per heavy atom. The Labute approximate surface area is 190 Å². The number of benzene rings is 2.